The largest absolute Gasteiger partial charge is 0.383 e. The SMILES string of the molecule is Cc1nn(Cc2ccc(Br)c(F)c2)c(N)c1I. The molecule has 0 atom stereocenters. The number of hydrogen-bond acceptors (Lipinski definition) is 2. The van der Waals surface area contributed by atoms with Crippen molar-refractivity contribution in [3.05, 3.63) is 43.3 Å². The zero-order valence-electron chi connectivity index (χ0n) is 9.04. The van der Waals surface area contributed by atoms with Crippen LogP contribution in [0.3, 0.4) is 0 Å². The zero-order valence-corrected chi connectivity index (χ0v) is 12.8. The topological polar surface area (TPSA) is 43.8 Å². The van der Waals surface area contributed by atoms with Crippen molar-refractivity contribution in [1.29, 1.82) is 0 Å². The molecular weight excluding hydrogens is 400 g/mol. The van der Waals surface area contributed by atoms with Crippen LogP contribution in [-0.2, 0) is 6.54 Å². The first-order valence-electron chi connectivity index (χ1n) is 4.91. The first kappa shape index (κ1) is 12.8. The Morgan fingerprint density at radius 3 is 2.76 bits per heavy atom. The van der Waals surface area contributed by atoms with E-state index in [0.717, 1.165) is 14.8 Å². The van der Waals surface area contributed by atoms with Crippen molar-refractivity contribution in [1.82, 2.24) is 9.78 Å². The molecule has 0 radical (unpaired) electrons. The molecule has 17 heavy (non-hydrogen) atoms. The zero-order chi connectivity index (χ0) is 12.6. The van der Waals surface area contributed by atoms with Crippen molar-refractivity contribution in [2.45, 2.75) is 13.5 Å². The van der Waals surface area contributed by atoms with Crippen LogP contribution in [0.25, 0.3) is 0 Å². The van der Waals surface area contributed by atoms with E-state index >= 15 is 0 Å². The minimum atomic E-state index is -0.278. The molecule has 1 aromatic heterocycles. The Balaban J connectivity index is 2.31. The van der Waals surface area contributed by atoms with Crippen LogP contribution in [0.4, 0.5) is 10.2 Å². The first-order valence-corrected chi connectivity index (χ1v) is 6.78. The van der Waals surface area contributed by atoms with Gasteiger partial charge in [0.1, 0.15) is 11.6 Å². The third-order valence-corrected chi connectivity index (χ3v) is 4.38. The fourth-order valence-electron chi connectivity index (χ4n) is 1.51. The lowest BCUT2D eigenvalue weighted by molar-refractivity contribution is 0.613. The van der Waals surface area contributed by atoms with Gasteiger partial charge < -0.3 is 5.73 Å². The lowest BCUT2D eigenvalue weighted by Gasteiger charge is -2.05. The number of aromatic nitrogens is 2. The predicted molar refractivity (Wildman–Crippen MR) is 77.3 cm³/mol. The predicted octanol–water partition coefficient (Wildman–Crippen LogP) is 3.33. The number of nitrogen functional groups attached to an aromatic ring is 1. The van der Waals surface area contributed by atoms with E-state index in [2.05, 4.69) is 43.6 Å². The second-order valence-electron chi connectivity index (χ2n) is 3.69. The summed E-state index contributed by atoms with van der Waals surface area (Å²) in [5.41, 5.74) is 7.63. The van der Waals surface area contributed by atoms with Gasteiger partial charge in [0.05, 0.1) is 20.3 Å². The molecule has 0 fully saturated rings. The lowest BCUT2D eigenvalue weighted by Crippen LogP contribution is -2.06. The van der Waals surface area contributed by atoms with Gasteiger partial charge >= 0.3 is 0 Å². The Bertz CT molecular complexity index is 568. The highest BCUT2D eigenvalue weighted by Crippen LogP contribution is 2.21. The van der Waals surface area contributed by atoms with E-state index in [1.807, 2.05) is 13.0 Å². The Kier molecular flexibility index (Phi) is 3.72. The van der Waals surface area contributed by atoms with Crippen LogP contribution in [0.1, 0.15) is 11.3 Å². The van der Waals surface area contributed by atoms with Crippen molar-refractivity contribution < 1.29 is 4.39 Å². The van der Waals surface area contributed by atoms with Crippen molar-refractivity contribution in [3.63, 3.8) is 0 Å². The minimum Gasteiger partial charge on any atom is -0.383 e. The number of anilines is 1. The van der Waals surface area contributed by atoms with Crippen LogP contribution in [0.15, 0.2) is 22.7 Å². The van der Waals surface area contributed by atoms with Crippen LogP contribution in [0.2, 0.25) is 0 Å². The smallest absolute Gasteiger partial charge is 0.137 e. The summed E-state index contributed by atoms with van der Waals surface area (Å²) in [6.45, 7) is 2.37. The molecular formula is C11H10BrFIN3. The van der Waals surface area contributed by atoms with E-state index < -0.39 is 0 Å². The number of benzene rings is 1. The Morgan fingerprint density at radius 1 is 1.53 bits per heavy atom. The molecule has 90 valence electrons. The number of hydrogen-bond donors (Lipinski definition) is 1. The third kappa shape index (κ3) is 2.62. The molecule has 0 spiro atoms. The maximum Gasteiger partial charge on any atom is 0.137 e. The van der Waals surface area contributed by atoms with Gasteiger partial charge in [-0.1, -0.05) is 6.07 Å². The summed E-state index contributed by atoms with van der Waals surface area (Å²) >= 11 is 5.28. The van der Waals surface area contributed by atoms with Crippen molar-refractivity contribution in [3.8, 4) is 0 Å². The highest BCUT2D eigenvalue weighted by molar-refractivity contribution is 14.1. The maximum atomic E-state index is 13.4. The Labute approximate surface area is 120 Å². The Hall–Kier alpha value is -0.630. The molecule has 1 heterocycles. The van der Waals surface area contributed by atoms with Gasteiger partial charge in [0, 0.05) is 0 Å². The third-order valence-electron chi connectivity index (χ3n) is 2.41. The van der Waals surface area contributed by atoms with Gasteiger partial charge in [-0.15, -0.1) is 0 Å². The number of halogens is 3. The maximum absolute atomic E-state index is 13.4. The molecule has 0 bridgehead atoms. The van der Waals surface area contributed by atoms with Crippen molar-refractivity contribution in [2.75, 3.05) is 5.73 Å². The molecule has 0 saturated heterocycles. The average Bonchev–Trinajstić information content (AvgIpc) is 2.52. The highest BCUT2D eigenvalue weighted by Gasteiger charge is 2.10. The minimum absolute atomic E-state index is 0.278. The molecule has 6 heteroatoms. The fourth-order valence-corrected chi connectivity index (χ4v) is 2.14. The van der Waals surface area contributed by atoms with E-state index in [4.69, 9.17) is 5.73 Å². The van der Waals surface area contributed by atoms with Gasteiger partial charge in [0.15, 0.2) is 0 Å². The summed E-state index contributed by atoms with van der Waals surface area (Å²) in [6.07, 6.45) is 0. The summed E-state index contributed by atoms with van der Waals surface area (Å²) in [7, 11) is 0. The fraction of sp³-hybridized carbons (Fsp3) is 0.182. The van der Waals surface area contributed by atoms with E-state index in [1.165, 1.54) is 6.07 Å². The van der Waals surface area contributed by atoms with Crippen LogP contribution >= 0.6 is 38.5 Å². The quantitative estimate of drug-likeness (QED) is 0.773. The second-order valence-corrected chi connectivity index (χ2v) is 5.62. The molecule has 2 rings (SSSR count). The van der Waals surface area contributed by atoms with Gasteiger partial charge in [-0.2, -0.15) is 5.10 Å². The summed E-state index contributed by atoms with van der Waals surface area (Å²) in [4.78, 5) is 0. The summed E-state index contributed by atoms with van der Waals surface area (Å²) in [6, 6.07) is 5.01. The van der Waals surface area contributed by atoms with E-state index in [0.29, 0.717) is 16.8 Å². The molecule has 2 N–H and O–H groups in total. The summed E-state index contributed by atoms with van der Waals surface area (Å²) < 4.78 is 16.4. The van der Waals surface area contributed by atoms with Gasteiger partial charge in [0.2, 0.25) is 0 Å². The average molecular weight is 410 g/mol. The van der Waals surface area contributed by atoms with Gasteiger partial charge in [-0.05, 0) is 63.1 Å². The number of aryl methyl sites for hydroxylation is 1. The van der Waals surface area contributed by atoms with Crippen LogP contribution in [0.5, 0.6) is 0 Å². The highest BCUT2D eigenvalue weighted by atomic mass is 127. The monoisotopic (exact) mass is 409 g/mol. The van der Waals surface area contributed by atoms with Gasteiger partial charge in [-0.25, -0.2) is 9.07 Å². The molecule has 0 saturated carbocycles. The molecule has 0 unspecified atom stereocenters. The summed E-state index contributed by atoms with van der Waals surface area (Å²) in [5, 5.41) is 4.31. The van der Waals surface area contributed by atoms with Crippen LogP contribution in [0, 0.1) is 16.3 Å². The number of nitrogens with two attached hydrogens (primary N) is 1. The second kappa shape index (κ2) is 4.93. The molecule has 0 aliphatic rings. The standard InChI is InChI=1S/C11H10BrFIN3/c1-6-10(14)11(15)17(16-6)5-7-2-3-8(12)9(13)4-7/h2-4H,5,15H2,1H3. The molecule has 3 nitrogen and oxygen atoms in total. The molecule has 0 aliphatic carbocycles. The van der Waals surface area contributed by atoms with Crippen molar-refractivity contribution in [2.24, 2.45) is 0 Å². The number of nitrogens with zero attached hydrogens (tertiary/aromatic N) is 2. The lowest BCUT2D eigenvalue weighted by atomic mass is 10.2. The van der Waals surface area contributed by atoms with E-state index in [9.17, 15) is 4.39 Å². The normalized spacial score (nSPS) is 10.8. The summed E-state index contributed by atoms with van der Waals surface area (Å²) in [5.74, 6) is 0.339. The van der Waals surface area contributed by atoms with Crippen molar-refractivity contribution >= 4 is 44.3 Å². The van der Waals surface area contributed by atoms with Crippen LogP contribution in [-0.4, -0.2) is 9.78 Å². The molecule has 2 aromatic rings. The van der Waals surface area contributed by atoms with Gasteiger partial charge in [-0.3, -0.25) is 0 Å². The Morgan fingerprint density at radius 2 is 2.24 bits per heavy atom. The number of rotatable bonds is 2. The van der Waals surface area contributed by atoms with Gasteiger partial charge in [0.25, 0.3) is 0 Å². The van der Waals surface area contributed by atoms with Crippen LogP contribution < -0.4 is 5.73 Å². The van der Waals surface area contributed by atoms with E-state index in [1.54, 1.807) is 10.7 Å². The molecule has 1 aromatic carbocycles. The molecule has 0 amide bonds. The van der Waals surface area contributed by atoms with E-state index in [-0.39, 0.29) is 5.82 Å². The first-order chi connectivity index (χ1) is 7.99. The molecule has 0 aliphatic heterocycles.